The Balaban J connectivity index is 1.51. The molecule has 0 atom stereocenters. The third kappa shape index (κ3) is 5.45. The molecule has 1 aromatic heterocycles. The van der Waals surface area contributed by atoms with E-state index in [9.17, 15) is 9.59 Å². The summed E-state index contributed by atoms with van der Waals surface area (Å²) in [5, 5.41) is 5.56. The number of furan rings is 1. The molecule has 0 aliphatic rings. The molecule has 0 spiro atoms. The van der Waals surface area contributed by atoms with Crippen molar-refractivity contribution in [2.45, 2.75) is 6.54 Å². The van der Waals surface area contributed by atoms with Gasteiger partial charge in [0, 0.05) is 5.69 Å². The molecule has 28 heavy (non-hydrogen) atoms. The fourth-order valence-electron chi connectivity index (χ4n) is 2.22. The third-order valence-electron chi connectivity index (χ3n) is 3.59. The van der Waals surface area contributed by atoms with Crippen LogP contribution in [0.2, 0.25) is 10.0 Å². The zero-order chi connectivity index (χ0) is 19.9. The van der Waals surface area contributed by atoms with E-state index >= 15 is 0 Å². The van der Waals surface area contributed by atoms with Crippen LogP contribution in [-0.2, 0) is 16.1 Å². The smallest absolute Gasteiger partial charge is 0.313 e. The number of nitrogens with one attached hydrogen (secondary N) is 2. The molecule has 3 aromatic rings. The molecule has 3 rings (SSSR count). The second kappa shape index (κ2) is 9.21. The Bertz CT molecular complexity index is 1020. The van der Waals surface area contributed by atoms with Crippen molar-refractivity contribution in [3.63, 3.8) is 0 Å². The molecule has 0 bridgehead atoms. The van der Waals surface area contributed by atoms with Crippen LogP contribution in [0.4, 0.5) is 11.4 Å². The van der Waals surface area contributed by atoms with E-state index < -0.39 is 11.8 Å². The van der Waals surface area contributed by atoms with E-state index in [1.165, 1.54) is 12.1 Å². The summed E-state index contributed by atoms with van der Waals surface area (Å²) in [5.41, 5.74) is 1.17. The van der Waals surface area contributed by atoms with Crippen LogP contribution in [-0.4, -0.2) is 18.0 Å². The average Bonchev–Trinajstić information content (AvgIpc) is 3.16. The van der Waals surface area contributed by atoms with Gasteiger partial charge in [-0.25, -0.2) is 0 Å². The summed E-state index contributed by atoms with van der Waals surface area (Å²) < 4.78 is 5.55. The molecule has 0 radical (unpaired) electrons. The van der Waals surface area contributed by atoms with Crippen LogP contribution in [0, 0.1) is 0 Å². The first kappa shape index (κ1) is 19.7. The van der Waals surface area contributed by atoms with Crippen molar-refractivity contribution in [2.75, 3.05) is 5.32 Å². The lowest BCUT2D eigenvalue weighted by atomic mass is 10.3. The first-order valence-corrected chi connectivity index (χ1v) is 8.99. The summed E-state index contributed by atoms with van der Waals surface area (Å²) in [5.74, 6) is -0.601. The maximum atomic E-state index is 11.9. The number of nitrogens with zero attached hydrogens (tertiary/aromatic N) is 1. The number of anilines is 1. The SMILES string of the molecule is O=C(NCc1ccc(C=Nc2ccccc2)o1)C(=O)Nc1ccc(Cl)c(Cl)c1. The van der Waals surface area contributed by atoms with Crippen molar-refractivity contribution in [1.82, 2.24) is 5.32 Å². The Kier molecular flexibility index (Phi) is 6.47. The Hall–Kier alpha value is -3.09. The van der Waals surface area contributed by atoms with E-state index in [1.54, 1.807) is 24.4 Å². The number of hydrogen-bond acceptors (Lipinski definition) is 4. The quantitative estimate of drug-likeness (QED) is 0.471. The predicted octanol–water partition coefficient (Wildman–Crippen LogP) is 4.59. The number of hydrogen-bond donors (Lipinski definition) is 2. The van der Waals surface area contributed by atoms with Gasteiger partial charge >= 0.3 is 11.8 Å². The summed E-state index contributed by atoms with van der Waals surface area (Å²) in [6.07, 6.45) is 1.58. The molecule has 0 aliphatic heterocycles. The van der Waals surface area contributed by atoms with Crippen LogP contribution in [0.25, 0.3) is 0 Å². The molecule has 2 N–H and O–H groups in total. The van der Waals surface area contributed by atoms with E-state index in [-0.39, 0.29) is 11.6 Å². The normalized spacial score (nSPS) is 10.8. The molecule has 0 aliphatic carbocycles. The zero-order valence-electron chi connectivity index (χ0n) is 14.5. The van der Waals surface area contributed by atoms with Gasteiger partial charge in [0.15, 0.2) is 0 Å². The van der Waals surface area contributed by atoms with Crippen molar-refractivity contribution >= 4 is 52.6 Å². The molecular weight excluding hydrogens is 401 g/mol. The second-order valence-corrected chi connectivity index (χ2v) is 6.48. The van der Waals surface area contributed by atoms with Gasteiger partial charge in [-0.05, 0) is 42.5 Å². The molecule has 0 fully saturated rings. The van der Waals surface area contributed by atoms with Gasteiger partial charge in [-0.1, -0.05) is 41.4 Å². The number of amides is 2. The number of carbonyl (C=O) groups excluding carboxylic acids is 2. The molecule has 8 heteroatoms. The minimum Gasteiger partial charge on any atom is -0.458 e. The summed E-state index contributed by atoms with van der Waals surface area (Å²) >= 11 is 11.7. The molecular formula is C20H15Cl2N3O3. The minimum atomic E-state index is -0.823. The summed E-state index contributed by atoms with van der Waals surface area (Å²) in [6.45, 7) is 0.0623. The van der Waals surface area contributed by atoms with Crippen molar-refractivity contribution in [3.05, 3.63) is 82.2 Å². The third-order valence-corrected chi connectivity index (χ3v) is 4.33. The highest BCUT2D eigenvalue weighted by atomic mass is 35.5. The molecule has 0 unspecified atom stereocenters. The molecule has 142 valence electrons. The fraction of sp³-hybridized carbons (Fsp3) is 0.0500. The number of benzene rings is 2. The Morgan fingerprint density at radius 1 is 0.964 bits per heavy atom. The average molecular weight is 416 g/mol. The van der Waals surface area contributed by atoms with E-state index in [2.05, 4.69) is 15.6 Å². The highest BCUT2D eigenvalue weighted by Crippen LogP contribution is 2.24. The second-order valence-electron chi connectivity index (χ2n) is 5.66. The van der Waals surface area contributed by atoms with Crippen LogP contribution in [0.3, 0.4) is 0 Å². The maximum Gasteiger partial charge on any atom is 0.313 e. The first-order chi connectivity index (χ1) is 13.5. The van der Waals surface area contributed by atoms with E-state index in [0.29, 0.717) is 22.2 Å². The molecule has 0 saturated heterocycles. The van der Waals surface area contributed by atoms with Crippen molar-refractivity contribution in [1.29, 1.82) is 0 Å². The fourth-order valence-corrected chi connectivity index (χ4v) is 2.52. The number of aliphatic imine (C=N–C) groups is 1. The van der Waals surface area contributed by atoms with E-state index in [1.807, 2.05) is 30.3 Å². The van der Waals surface area contributed by atoms with Crippen molar-refractivity contribution in [2.24, 2.45) is 4.99 Å². The van der Waals surface area contributed by atoms with Gasteiger partial charge in [0.1, 0.15) is 11.5 Å². The van der Waals surface area contributed by atoms with Gasteiger partial charge < -0.3 is 15.1 Å². The van der Waals surface area contributed by atoms with Crippen LogP contribution >= 0.6 is 23.2 Å². The van der Waals surface area contributed by atoms with Crippen molar-refractivity contribution < 1.29 is 14.0 Å². The molecule has 2 aromatic carbocycles. The number of carbonyl (C=O) groups is 2. The molecule has 1 heterocycles. The van der Waals surface area contributed by atoms with Gasteiger partial charge in [0.2, 0.25) is 0 Å². The highest BCUT2D eigenvalue weighted by Gasteiger charge is 2.14. The van der Waals surface area contributed by atoms with Gasteiger partial charge in [-0.15, -0.1) is 0 Å². The summed E-state index contributed by atoms with van der Waals surface area (Å²) in [7, 11) is 0. The topological polar surface area (TPSA) is 83.7 Å². The monoisotopic (exact) mass is 415 g/mol. The Labute approximate surface area is 171 Å². The number of para-hydroxylation sites is 1. The summed E-state index contributed by atoms with van der Waals surface area (Å²) in [6, 6.07) is 17.4. The standard InChI is InChI=1S/C20H15Cl2N3O3/c21-17-9-6-14(10-18(17)22)25-20(27)19(26)24-12-16-8-7-15(28-16)11-23-13-4-2-1-3-5-13/h1-11H,12H2,(H,24,26)(H,25,27). The van der Waals surface area contributed by atoms with Crippen LogP contribution < -0.4 is 10.6 Å². The minimum absolute atomic E-state index is 0.0623. The lowest BCUT2D eigenvalue weighted by Crippen LogP contribution is -2.34. The van der Waals surface area contributed by atoms with Gasteiger partial charge in [-0.3, -0.25) is 14.6 Å². The largest absolute Gasteiger partial charge is 0.458 e. The Morgan fingerprint density at radius 3 is 2.50 bits per heavy atom. The van der Waals surface area contributed by atoms with Crippen LogP contribution in [0.5, 0.6) is 0 Å². The maximum absolute atomic E-state index is 11.9. The van der Waals surface area contributed by atoms with Gasteiger partial charge in [-0.2, -0.15) is 0 Å². The van der Waals surface area contributed by atoms with Gasteiger partial charge in [0.25, 0.3) is 0 Å². The lowest BCUT2D eigenvalue weighted by molar-refractivity contribution is -0.136. The summed E-state index contributed by atoms with van der Waals surface area (Å²) in [4.78, 5) is 28.2. The lowest BCUT2D eigenvalue weighted by Gasteiger charge is -2.06. The van der Waals surface area contributed by atoms with E-state index in [4.69, 9.17) is 27.6 Å². The van der Waals surface area contributed by atoms with Crippen LogP contribution in [0.15, 0.2) is 70.1 Å². The molecule has 0 saturated carbocycles. The number of halogens is 2. The molecule has 6 nitrogen and oxygen atoms in total. The van der Waals surface area contributed by atoms with Gasteiger partial charge in [0.05, 0.1) is 28.5 Å². The molecule has 2 amide bonds. The Morgan fingerprint density at radius 2 is 1.75 bits per heavy atom. The van der Waals surface area contributed by atoms with Crippen LogP contribution in [0.1, 0.15) is 11.5 Å². The van der Waals surface area contributed by atoms with E-state index in [0.717, 1.165) is 5.69 Å². The number of rotatable bonds is 5. The highest BCUT2D eigenvalue weighted by molar-refractivity contribution is 6.42. The van der Waals surface area contributed by atoms with Crippen molar-refractivity contribution in [3.8, 4) is 0 Å². The predicted molar refractivity (Wildman–Crippen MR) is 109 cm³/mol. The first-order valence-electron chi connectivity index (χ1n) is 8.23. The zero-order valence-corrected chi connectivity index (χ0v) is 16.0.